The van der Waals surface area contributed by atoms with Gasteiger partial charge in [-0.1, -0.05) is 18.2 Å². The number of anilines is 1. The highest BCUT2D eigenvalue weighted by molar-refractivity contribution is 5.52. The maximum atomic E-state index is 3.64. The van der Waals surface area contributed by atoms with Gasteiger partial charge in [0.1, 0.15) is 0 Å². The topological polar surface area (TPSA) is 15.3 Å². The van der Waals surface area contributed by atoms with Crippen LogP contribution in [0.25, 0.3) is 0 Å². The van der Waals surface area contributed by atoms with E-state index in [-0.39, 0.29) is 0 Å². The largest absolute Gasteiger partial charge is 0.371 e. The molecule has 1 aromatic carbocycles. The Kier molecular flexibility index (Phi) is 4.06. The Morgan fingerprint density at radius 1 is 1.06 bits per heavy atom. The number of hydrogen-bond donors (Lipinski definition) is 1. The molecule has 2 rings (SSSR count). The molecule has 1 N–H and O–H groups in total. The monoisotopic (exact) mass is 232 g/mol. The summed E-state index contributed by atoms with van der Waals surface area (Å²) in [6.07, 6.45) is 2.44. The first-order valence-electron chi connectivity index (χ1n) is 6.73. The zero-order chi connectivity index (χ0) is 12.3. The molecule has 0 saturated carbocycles. The summed E-state index contributed by atoms with van der Waals surface area (Å²) in [5.41, 5.74) is 2.80. The second kappa shape index (κ2) is 5.54. The maximum absolute atomic E-state index is 3.64. The third kappa shape index (κ3) is 3.22. The van der Waals surface area contributed by atoms with E-state index in [1.807, 2.05) is 0 Å². The molecule has 0 radical (unpaired) electrons. The normalized spacial score (nSPS) is 26.4. The number of nitrogens with zero attached hydrogens (tertiary/aromatic N) is 1. The fourth-order valence-corrected chi connectivity index (χ4v) is 2.62. The summed E-state index contributed by atoms with van der Waals surface area (Å²) in [4.78, 5) is 2.54. The lowest BCUT2D eigenvalue weighted by molar-refractivity contribution is 0.404. The summed E-state index contributed by atoms with van der Waals surface area (Å²) in [6, 6.07) is 9.97. The Balaban J connectivity index is 2.12. The number of rotatable bonds is 1. The molecular weight excluding hydrogens is 208 g/mol. The van der Waals surface area contributed by atoms with E-state index in [4.69, 9.17) is 0 Å². The zero-order valence-electron chi connectivity index (χ0n) is 11.2. The van der Waals surface area contributed by atoms with Gasteiger partial charge in [0.2, 0.25) is 0 Å². The van der Waals surface area contributed by atoms with Crippen LogP contribution >= 0.6 is 0 Å². The zero-order valence-corrected chi connectivity index (χ0v) is 11.2. The second-order valence-electron chi connectivity index (χ2n) is 5.32. The highest BCUT2D eigenvalue weighted by atomic mass is 15.1. The van der Waals surface area contributed by atoms with Crippen LogP contribution in [0.5, 0.6) is 0 Å². The Labute approximate surface area is 105 Å². The Morgan fingerprint density at radius 3 is 2.24 bits per heavy atom. The van der Waals surface area contributed by atoms with Crippen molar-refractivity contribution in [2.75, 3.05) is 18.0 Å². The van der Waals surface area contributed by atoms with Gasteiger partial charge in [-0.05, 0) is 45.2 Å². The molecule has 2 heteroatoms. The van der Waals surface area contributed by atoms with Crippen LogP contribution in [0.2, 0.25) is 0 Å². The van der Waals surface area contributed by atoms with Crippen molar-refractivity contribution in [3.63, 3.8) is 0 Å². The highest BCUT2D eigenvalue weighted by Gasteiger charge is 2.16. The molecule has 1 saturated heterocycles. The van der Waals surface area contributed by atoms with Gasteiger partial charge in [-0.25, -0.2) is 0 Å². The van der Waals surface area contributed by atoms with Gasteiger partial charge in [-0.2, -0.15) is 0 Å². The van der Waals surface area contributed by atoms with E-state index >= 15 is 0 Å². The summed E-state index contributed by atoms with van der Waals surface area (Å²) in [7, 11) is 0. The highest BCUT2D eigenvalue weighted by Crippen LogP contribution is 2.21. The minimum atomic E-state index is 0.622. The molecule has 0 aromatic heterocycles. The first kappa shape index (κ1) is 12.4. The summed E-state index contributed by atoms with van der Waals surface area (Å²) < 4.78 is 0. The van der Waals surface area contributed by atoms with Gasteiger partial charge in [0.25, 0.3) is 0 Å². The third-order valence-corrected chi connectivity index (χ3v) is 3.69. The van der Waals surface area contributed by atoms with Crippen LogP contribution in [0.15, 0.2) is 24.3 Å². The van der Waals surface area contributed by atoms with Crippen molar-refractivity contribution < 1.29 is 0 Å². The quantitative estimate of drug-likeness (QED) is 0.801. The molecule has 0 bridgehead atoms. The predicted octanol–water partition coefficient (Wildman–Crippen LogP) is 2.96. The van der Waals surface area contributed by atoms with Crippen LogP contribution < -0.4 is 10.2 Å². The number of benzene rings is 1. The van der Waals surface area contributed by atoms with Crippen molar-refractivity contribution in [1.29, 1.82) is 0 Å². The van der Waals surface area contributed by atoms with Crippen molar-refractivity contribution in [1.82, 2.24) is 5.32 Å². The van der Waals surface area contributed by atoms with Crippen LogP contribution in [0, 0.1) is 6.92 Å². The van der Waals surface area contributed by atoms with Crippen LogP contribution in [0.4, 0.5) is 5.69 Å². The number of aryl methyl sites for hydroxylation is 1. The van der Waals surface area contributed by atoms with E-state index in [1.165, 1.54) is 24.1 Å². The molecule has 1 aliphatic heterocycles. The minimum Gasteiger partial charge on any atom is -0.371 e. The standard InChI is InChI=1S/C15H24N2/c1-12-6-4-5-7-15(12)17-10-8-13(2)16-14(3)9-11-17/h4-7,13-14,16H,8-11H2,1-3H3. The van der Waals surface area contributed by atoms with Crippen LogP contribution in [-0.4, -0.2) is 25.2 Å². The summed E-state index contributed by atoms with van der Waals surface area (Å²) in [5, 5.41) is 3.64. The van der Waals surface area contributed by atoms with Crippen molar-refractivity contribution >= 4 is 5.69 Å². The van der Waals surface area contributed by atoms with E-state index < -0.39 is 0 Å². The lowest BCUT2D eigenvalue weighted by Gasteiger charge is -2.33. The molecule has 94 valence electrons. The number of hydrogen-bond acceptors (Lipinski definition) is 2. The van der Waals surface area contributed by atoms with E-state index in [1.54, 1.807) is 0 Å². The Hall–Kier alpha value is -1.02. The van der Waals surface area contributed by atoms with Crippen LogP contribution in [0.3, 0.4) is 0 Å². The first-order chi connectivity index (χ1) is 8.16. The smallest absolute Gasteiger partial charge is 0.0395 e. The average Bonchev–Trinajstić information content (AvgIpc) is 2.28. The van der Waals surface area contributed by atoms with Gasteiger partial charge in [-0.15, -0.1) is 0 Å². The summed E-state index contributed by atoms with van der Waals surface area (Å²) in [5.74, 6) is 0. The molecule has 0 amide bonds. The maximum Gasteiger partial charge on any atom is 0.0395 e. The molecule has 0 spiro atoms. The van der Waals surface area contributed by atoms with E-state index in [0.29, 0.717) is 12.1 Å². The molecule has 1 heterocycles. The summed E-state index contributed by atoms with van der Waals surface area (Å²) >= 11 is 0. The molecule has 1 aromatic rings. The number of para-hydroxylation sites is 1. The lowest BCUT2D eigenvalue weighted by atomic mass is 10.1. The fourth-order valence-electron chi connectivity index (χ4n) is 2.62. The molecule has 2 nitrogen and oxygen atoms in total. The second-order valence-corrected chi connectivity index (χ2v) is 5.32. The molecule has 2 atom stereocenters. The van der Waals surface area contributed by atoms with Crippen molar-refractivity contribution in [3.8, 4) is 0 Å². The molecule has 0 aliphatic carbocycles. The Morgan fingerprint density at radius 2 is 1.65 bits per heavy atom. The first-order valence-corrected chi connectivity index (χ1v) is 6.73. The molecule has 17 heavy (non-hydrogen) atoms. The molecule has 1 aliphatic rings. The molecule has 2 unspecified atom stereocenters. The van der Waals surface area contributed by atoms with Crippen molar-refractivity contribution in [2.45, 2.75) is 45.7 Å². The number of nitrogens with one attached hydrogen (secondary N) is 1. The fraction of sp³-hybridized carbons (Fsp3) is 0.600. The lowest BCUT2D eigenvalue weighted by Crippen LogP contribution is -2.43. The van der Waals surface area contributed by atoms with Gasteiger partial charge in [0, 0.05) is 30.9 Å². The van der Waals surface area contributed by atoms with Crippen molar-refractivity contribution in [3.05, 3.63) is 29.8 Å². The summed E-state index contributed by atoms with van der Waals surface area (Å²) in [6.45, 7) is 9.10. The van der Waals surface area contributed by atoms with Gasteiger partial charge in [-0.3, -0.25) is 0 Å². The van der Waals surface area contributed by atoms with Gasteiger partial charge in [0.05, 0.1) is 0 Å². The minimum absolute atomic E-state index is 0.622. The van der Waals surface area contributed by atoms with Crippen LogP contribution in [-0.2, 0) is 0 Å². The predicted molar refractivity (Wildman–Crippen MR) is 74.7 cm³/mol. The third-order valence-electron chi connectivity index (χ3n) is 3.69. The van der Waals surface area contributed by atoms with Crippen molar-refractivity contribution in [2.24, 2.45) is 0 Å². The van der Waals surface area contributed by atoms with E-state index in [9.17, 15) is 0 Å². The van der Waals surface area contributed by atoms with Crippen LogP contribution in [0.1, 0.15) is 32.3 Å². The molecular formula is C15H24N2. The Bertz CT molecular complexity index is 350. The van der Waals surface area contributed by atoms with Gasteiger partial charge in [0.15, 0.2) is 0 Å². The van der Waals surface area contributed by atoms with E-state index in [0.717, 1.165) is 13.1 Å². The molecule has 1 fully saturated rings. The van der Waals surface area contributed by atoms with E-state index in [2.05, 4.69) is 55.3 Å². The SMILES string of the molecule is Cc1ccccc1N1CCC(C)NC(C)CC1. The van der Waals surface area contributed by atoms with Gasteiger partial charge >= 0.3 is 0 Å². The van der Waals surface area contributed by atoms with Gasteiger partial charge < -0.3 is 10.2 Å². The average molecular weight is 232 g/mol.